The molecule has 102 valence electrons. The van der Waals surface area contributed by atoms with Crippen LogP contribution in [-0.4, -0.2) is 22.7 Å². The molecule has 4 nitrogen and oxygen atoms in total. The fourth-order valence-electron chi connectivity index (χ4n) is 1.97. The number of fused-ring (bicyclic) bond motifs is 1. The Bertz CT molecular complexity index is 581. The summed E-state index contributed by atoms with van der Waals surface area (Å²) < 4.78 is 0. The molecule has 1 aromatic heterocycles. The largest absolute Gasteiger partial charge is 0.399 e. The summed E-state index contributed by atoms with van der Waals surface area (Å²) in [6.07, 6.45) is -0.371. The lowest BCUT2D eigenvalue weighted by molar-refractivity contribution is 0.138. The van der Waals surface area contributed by atoms with Crippen LogP contribution in [0.2, 0.25) is 0 Å². The Kier molecular flexibility index (Phi) is 3.90. The Hall–Kier alpha value is -1.81. The number of aliphatic hydroxyl groups excluding tert-OH is 1. The topological polar surface area (TPSA) is 71.2 Å². The Morgan fingerprint density at radius 3 is 2.74 bits per heavy atom. The van der Waals surface area contributed by atoms with Crippen LogP contribution < -0.4 is 11.1 Å². The van der Waals surface area contributed by atoms with Crippen molar-refractivity contribution in [3.8, 4) is 0 Å². The Labute approximate surface area is 113 Å². The van der Waals surface area contributed by atoms with Gasteiger partial charge in [-0.3, -0.25) is 4.98 Å². The highest BCUT2D eigenvalue weighted by atomic mass is 16.3. The molecule has 4 heteroatoms. The number of hydrogen-bond acceptors (Lipinski definition) is 4. The van der Waals surface area contributed by atoms with E-state index >= 15 is 0 Å². The number of nitrogens with two attached hydrogens (primary N) is 1. The number of aliphatic hydroxyl groups is 1. The zero-order valence-corrected chi connectivity index (χ0v) is 11.6. The van der Waals surface area contributed by atoms with Gasteiger partial charge in [0, 0.05) is 29.0 Å². The molecular formula is C15H21N3O. The molecule has 2 rings (SSSR count). The average Bonchev–Trinajstić information content (AvgIpc) is 2.36. The van der Waals surface area contributed by atoms with Crippen molar-refractivity contribution < 1.29 is 5.11 Å². The molecule has 0 fully saturated rings. The van der Waals surface area contributed by atoms with Crippen LogP contribution in [-0.2, 0) is 0 Å². The number of nitrogen functional groups attached to an aromatic ring is 1. The van der Waals surface area contributed by atoms with Crippen LogP contribution in [0.15, 0.2) is 24.3 Å². The van der Waals surface area contributed by atoms with Crippen LogP contribution in [0.3, 0.4) is 0 Å². The molecule has 0 saturated carbocycles. The number of benzene rings is 1. The summed E-state index contributed by atoms with van der Waals surface area (Å²) in [5.41, 5.74) is 9.37. The van der Waals surface area contributed by atoms with E-state index in [0.717, 1.165) is 22.3 Å². The minimum absolute atomic E-state index is 0.228. The van der Waals surface area contributed by atoms with Gasteiger partial charge in [0.25, 0.3) is 0 Å². The van der Waals surface area contributed by atoms with Gasteiger partial charge in [-0.05, 0) is 37.1 Å². The number of nitrogens with one attached hydrogen (secondary N) is 1. The summed E-state index contributed by atoms with van der Waals surface area (Å²) in [4.78, 5) is 4.48. The summed E-state index contributed by atoms with van der Waals surface area (Å²) in [7, 11) is 0. The van der Waals surface area contributed by atoms with Gasteiger partial charge in [0.1, 0.15) is 0 Å². The predicted molar refractivity (Wildman–Crippen MR) is 80.2 cm³/mol. The Morgan fingerprint density at radius 1 is 1.32 bits per heavy atom. The lowest BCUT2D eigenvalue weighted by Crippen LogP contribution is -2.24. The van der Waals surface area contributed by atoms with Crippen molar-refractivity contribution >= 4 is 22.3 Å². The van der Waals surface area contributed by atoms with Crippen LogP contribution in [0, 0.1) is 12.8 Å². The number of rotatable bonds is 4. The van der Waals surface area contributed by atoms with Crippen LogP contribution in [0.25, 0.3) is 10.9 Å². The number of hydrogen-bond donors (Lipinski definition) is 3. The van der Waals surface area contributed by atoms with Gasteiger partial charge in [-0.1, -0.05) is 13.8 Å². The van der Waals surface area contributed by atoms with Crippen LogP contribution in [0.1, 0.15) is 19.5 Å². The van der Waals surface area contributed by atoms with Crippen molar-refractivity contribution in [2.45, 2.75) is 26.9 Å². The van der Waals surface area contributed by atoms with E-state index in [1.54, 1.807) is 0 Å². The molecule has 1 unspecified atom stereocenters. The van der Waals surface area contributed by atoms with Crippen molar-refractivity contribution in [3.05, 3.63) is 30.0 Å². The summed E-state index contributed by atoms with van der Waals surface area (Å²) in [6, 6.07) is 7.66. The maximum absolute atomic E-state index is 9.88. The minimum atomic E-state index is -0.371. The van der Waals surface area contributed by atoms with E-state index in [9.17, 15) is 5.11 Å². The number of anilines is 2. The maximum atomic E-state index is 9.88. The third-order valence-electron chi connectivity index (χ3n) is 3.23. The molecule has 1 atom stereocenters. The second kappa shape index (κ2) is 5.45. The normalized spacial score (nSPS) is 12.9. The zero-order valence-electron chi connectivity index (χ0n) is 11.6. The third-order valence-corrected chi connectivity index (χ3v) is 3.23. The smallest absolute Gasteiger partial charge is 0.0735 e. The first-order chi connectivity index (χ1) is 8.97. The first-order valence-corrected chi connectivity index (χ1v) is 6.56. The Balaban J connectivity index is 2.33. The second-order valence-electron chi connectivity index (χ2n) is 5.28. The maximum Gasteiger partial charge on any atom is 0.0735 e. The average molecular weight is 259 g/mol. The van der Waals surface area contributed by atoms with Gasteiger partial charge in [0.05, 0.1) is 11.6 Å². The minimum Gasteiger partial charge on any atom is -0.399 e. The van der Waals surface area contributed by atoms with Crippen LogP contribution >= 0.6 is 0 Å². The number of aryl methyl sites for hydroxylation is 1. The molecule has 0 aliphatic carbocycles. The first-order valence-electron chi connectivity index (χ1n) is 6.56. The van der Waals surface area contributed by atoms with E-state index < -0.39 is 0 Å². The van der Waals surface area contributed by atoms with E-state index in [2.05, 4.69) is 10.3 Å². The van der Waals surface area contributed by atoms with Gasteiger partial charge in [0.2, 0.25) is 0 Å². The van der Waals surface area contributed by atoms with Crippen LogP contribution in [0.5, 0.6) is 0 Å². The number of aromatic nitrogens is 1. The fourth-order valence-corrected chi connectivity index (χ4v) is 1.97. The van der Waals surface area contributed by atoms with Crippen molar-refractivity contribution in [1.82, 2.24) is 4.98 Å². The van der Waals surface area contributed by atoms with Gasteiger partial charge in [0.15, 0.2) is 0 Å². The molecule has 2 aromatic rings. The molecule has 19 heavy (non-hydrogen) atoms. The van der Waals surface area contributed by atoms with Crippen molar-refractivity contribution in [1.29, 1.82) is 0 Å². The molecule has 0 amide bonds. The summed E-state index contributed by atoms with van der Waals surface area (Å²) >= 11 is 0. The molecule has 1 aromatic carbocycles. The van der Waals surface area contributed by atoms with Gasteiger partial charge >= 0.3 is 0 Å². The molecule has 0 aliphatic heterocycles. The highest BCUT2D eigenvalue weighted by Gasteiger charge is 2.10. The molecule has 0 aliphatic rings. The molecular weight excluding hydrogens is 238 g/mol. The Morgan fingerprint density at radius 2 is 2.05 bits per heavy atom. The van der Waals surface area contributed by atoms with Crippen molar-refractivity contribution in [2.75, 3.05) is 17.6 Å². The van der Waals surface area contributed by atoms with E-state index in [-0.39, 0.29) is 12.0 Å². The zero-order chi connectivity index (χ0) is 14.0. The van der Waals surface area contributed by atoms with Crippen LogP contribution in [0.4, 0.5) is 11.4 Å². The predicted octanol–water partition coefficient (Wildman–Crippen LogP) is 2.55. The molecule has 0 spiro atoms. The number of pyridine rings is 1. The van der Waals surface area contributed by atoms with E-state index in [1.807, 2.05) is 45.0 Å². The molecule has 1 heterocycles. The molecule has 0 saturated heterocycles. The molecule has 4 N–H and O–H groups in total. The van der Waals surface area contributed by atoms with Crippen molar-refractivity contribution in [2.24, 2.45) is 5.92 Å². The number of nitrogens with zero attached hydrogens (tertiary/aromatic N) is 1. The fraction of sp³-hybridized carbons (Fsp3) is 0.400. The standard InChI is InChI=1S/C15H21N3O/c1-9(2)15(19)8-17-14-6-10(3)18-13-5-4-11(16)7-12(13)14/h4-7,9,15,19H,8,16H2,1-3H3,(H,17,18). The summed E-state index contributed by atoms with van der Waals surface area (Å²) in [5.74, 6) is 0.228. The van der Waals surface area contributed by atoms with Gasteiger partial charge < -0.3 is 16.2 Å². The first kappa shape index (κ1) is 13.6. The van der Waals surface area contributed by atoms with E-state index in [1.165, 1.54) is 0 Å². The highest BCUT2D eigenvalue weighted by molar-refractivity contribution is 5.93. The monoisotopic (exact) mass is 259 g/mol. The second-order valence-corrected chi connectivity index (χ2v) is 5.28. The lowest BCUT2D eigenvalue weighted by atomic mass is 10.1. The van der Waals surface area contributed by atoms with Crippen molar-refractivity contribution in [3.63, 3.8) is 0 Å². The SMILES string of the molecule is Cc1cc(NCC(O)C(C)C)c2cc(N)ccc2n1. The van der Waals surface area contributed by atoms with E-state index in [4.69, 9.17) is 5.73 Å². The summed E-state index contributed by atoms with van der Waals surface area (Å²) in [6.45, 7) is 6.48. The molecule has 0 bridgehead atoms. The van der Waals surface area contributed by atoms with Gasteiger partial charge in [-0.2, -0.15) is 0 Å². The van der Waals surface area contributed by atoms with Gasteiger partial charge in [-0.15, -0.1) is 0 Å². The third kappa shape index (κ3) is 3.15. The quantitative estimate of drug-likeness (QED) is 0.738. The van der Waals surface area contributed by atoms with Gasteiger partial charge in [-0.25, -0.2) is 0 Å². The lowest BCUT2D eigenvalue weighted by Gasteiger charge is -2.17. The summed E-state index contributed by atoms with van der Waals surface area (Å²) in [5, 5.41) is 14.2. The molecule has 0 radical (unpaired) electrons. The highest BCUT2D eigenvalue weighted by Crippen LogP contribution is 2.25. The van der Waals surface area contributed by atoms with E-state index in [0.29, 0.717) is 12.2 Å².